The van der Waals surface area contributed by atoms with Crippen LogP contribution in [0, 0.1) is 0 Å². The Hall–Kier alpha value is -3.75. The molecular weight excluding hydrogens is 462 g/mol. The van der Waals surface area contributed by atoms with Gasteiger partial charge in [0.2, 0.25) is 12.7 Å². The number of pyridine rings is 1. The normalized spacial score (nSPS) is 12.4. The molecule has 0 fully saturated rings. The predicted molar refractivity (Wildman–Crippen MR) is 125 cm³/mol. The van der Waals surface area contributed by atoms with Crippen LogP contribution in [-0.4, -0.2) is 22.0 Å². The van der Waals surface area contributed by atoms with Crippen molar-refractivity contribution in [3.63, 3.8) is 0 Å². The van der Waals surface area contributed by atoms with Crippen LogP contribution < -0.4 is 15.0 Å². The summed E-state index contributed by atoms with van der Waals surface area (Å²) in [5.41, 5.74) is 2.77. The first-order chi connectivity index (χ1) is 16.2. The maximum atomic E-state index is 13.1. The molecule has 2 aromatic heterocycles. The molecule has 9 heteroatoms. The summed E-state index contributed by atoms with van der Waals surface area (Å²) in [4.78, 5) is 16.5. The largest absolute Gasteiger partial charge is 0.454 e. The lowest BCUT2D eigenvalue weighted by atomic mass is 10.0. The molecule has 1 aliphatic heterocycles. The van der Waals surface area contributed by atoms with Crippen LogP contribution in [0.2, 0.25) is 5.02 Å². The number of benzene rings is 3. The number of nitrogens with one attached hydrogen (secondary N) is 1. The van der Waals surface area contributed by atoms with Crippen LogP contribution in [0.15, 0.2) is 86.1 Å². The first-order valence-electron chi connectivity index (χ1n) is 9.98. The Labute approximate surface area is 196 Å². The number of hydrogen-bond acceptors (Lipinski definition) is 7. The summed E-state index contributed by atoms with van der Waals surface area (Å²) in [5.74, 6) is 1.60. The van der Waals surface area contributed by atoms with E-state index < -0.39 is 0 Å². The highest BCUT2D eigenvalue weighted by Crippen LogP contribution is 2.40. The van der Waals surface area contributed by atoms with E-state index in [0.29, 0.717) is 38.4 Å². The fraction of sp³-hybridized carbons (Fsp3) is 0.0417. The molecule has 33 heavy (non-hydrogen) atoms. The van der Waals surface area contributed by atoms with Gasteiger partial charge in [-0.1, -0.05) is 41.9 Å². The second kappa shape index (κ2) is 7.99. The first kappa shape index (κ1) is 19.9. The van der Waals surface area contributed by atoms with Crippen molar-refractivity contribution in [2.75, 3.05) is 6.79 Å². The number of aromatic nitrogens is 3. The van der Waals surface area contributed by atoms with E-state index in [2.05, 4.69) is 15.2 Å². The van der Waals surface area contributed by atoms with Crippen molar-refractivity contribution in [1.29, 1.82) is 0 Å². The predicted octanol–water partition coefficient (Wildman–Crippen LogP) is 5.78. The summed E-state index contributed by atoms with van der Waals surface area (Å²) in [7, 11) is 0. The summed E-state index contributed by atoms with van der Waals surface area (Å²) in [5, 5.41) is 9.94. The monoisotopic (exact) mass is 475 g/mol. The Balaban J connectivity index is 1.45. The molecule has 1 N–H and O–H groups in total. The van der Waals surface area contributed by atoms with Crippen molar-refractivity contribution in [1.82, 2.24) is 15.2 Å². The third-order valence-electron chi connectivity index (χ3n) is 5.21. The lowest BCUT2D eigenvalue weighted by molar-refractivity contribution is 0.174. The Bertz CT molecular complexity index is 1570. The fourth-order valence-corrected chi connectivity index (χ4v) is 4.74. The van der Waals surface area contributed by atoms with E-state index >= 15 is 0 Å². The van der Waals surface area contributed by atoms with Crippen molar-refractivity contribution in [3.05, 3.63) is 82.1 Å². The third kappa shape index (κ3) is 3.63. The van der Waals surface area contributed by atoms with Crippen LogP contribution in [0.1, 0.15) is 0 Å². The van der Waals surface area contributed by atoms with Crippen molar-refractivity contribution >= 4 is 34.3 Å². The molecular formula is C24H14ClN3O4S. The maximum Gasteiger partial charge on any atom is 0.281 e. The van der Waals surface area contributed by atoms with Gasteiger partial charge in [-0.05, 0) is 53.7 Å². The fourth-order valence-electron chi connectivity index (χ4n) is 3.72. The first-order valence-corrected chi connectivity index (χ1v) is 11.2. The zero-order valence-corrected chi connectivity index (χ0v) is 18.4. The molecule has 0 spiro atoms. The molecule has 0 radical (unpaired) electrons. The minimum atomic E-state index is -0.253. The van der Waals surface area contributed by atoms with Crippen LogP contribution in [0.25, 0.3) is 33.5 Å². The van der Waals surface area contributed by atoms with E-state index in [1.54, 1.807) is 24.3 Å². The molecule has 0 amide bonds. The lowest BCUT2D eigenvalue weighted by Gasteiger charge is -2.11. The molecule has 5 aromatic rings. The molecule has 0 bridgehead atoms. The van der Waals surface area contributed by atoms with E-state index in [-0.39, 0.29) is 17.6 Å². The van der Waals surface area contributed by atoms with E-state index in [4.69, 9.17) is 25.5 Å². The number of nitrogens with zero attached hydrogens (tertiary/aromatic N) is 2. The standard InChI is InChI=1S/C24H14ClN3O4S/c25-15-7-8-17-16(11-15)20(13-4-2-1-3-5-13)21(22(29)26-17)33-24-28-27-23(32-24)14-6-9-18-19(10-14)31-12-30-18/h1-11H,12H2,(H,26,29). The molecule has 0 unspecified atom stereocenters. The minimum Gasteiger partial charge on any atom is -0.454 e. The average molecular weight is 476 g/mol. The molecule has 6 rings (SSSR count). The van der Waals surface area contributed by atoms with Gasteiger partial charge in [0.05, 0.1) is 4.90 Å². The van der Waals surface area contributed by atoms with Gasteiger partial charge in [-0.3, -0.25) is 4.79 Å². The summed E-state index contributed by atoms with van der Waals surface area (Å²) in [6.07, 6.45) is 0. The van der Waals surface area contributed by atoms with Crippen molar-refractivity contribution in [2.24, 2.45) is 0 Å². The molecule has 7 nitrogen and oxygen atoms in total. The minimum absolute atomic E-state index is 0.181. The number of aromatic amines is 1. The highest BCUT2D eigenvalue weighted by molar-refractivity contribution is 7.99. The molecule has 3 aromatic carbocycles. The second-order valence-electron chi connectivity index (χ2n) is 7.26. The molecule has 0 saturated carbocycles. The summed E-state index contributed by atoms with van der Waals surface area (Å²) in [6, 6.07) is 20.4. The highest BCUT2D eigenvalue weighted by Gasteiger charge is 2.21. The molecule has 3 heterocycles. The smallest absolute Gasteiger partial charge is 0.281 e. The molecule has 1 aliphatic rings. The molecule has 0 aliphatic carbocycles. The van der Waals surface area contributed by atoms with Gasteiger partial charge in [-0.2, -0.15) is 0 Å². The van der Waals surface area contributed by atoms with Gasteiger partial charge in [0.15, 0.2) is 11.5 Å². The van der Waals surface area contributed by atoms with Crippen molar-refractivity contribution in [3.8, 4) is 34.1 Å². The van der Waals surface area contributed by atoms with E-state index in [1.165, 1.54) is 0 Å². The van der Waals surface area contributed by atoms with Gasteiger partial charge in [-0.15, -0.1) is 10.2 Å². The Morgan fingerprint density at radius 3 is 2.64 bits per heavy atom. The Morgan fingerprint density at radius 2 is 1.76 bits per heavy atom. The third-order valence-corrected chi connectivity index (χ3v) is 6.38. The highest BCUT2D eigenvalue weighted by atomic mass is 35.5. The van der Waals surface area contributed by atoms with Crippen LogP contribution in [0.5, 0.6) is 11.5 Å². The molecule has 0 atom stereocenters. The van der Waals surface area contributed by atoms with Gasteiger partial charge >= 0.3 is 0 Å². The maximum absolute atomic E-state index is 13.1. The average Bonchev–Trinajstić information content (AvgIpc) is 3.49. The quantitative estimate of drug-likeness (QED) is 0.352. The zero-order chi connectivity index (χ0) is 22.4. The summed E-state index contributed by atoms with van der Waals surface area (Å²) in [6.45, 7) is 0.181. The Morgan fingerprint density at radius 1 is 0.909 bits per heavy atom. The van der Waals surface area contributed by atoms with Gasteiger partial charge in [0.25, 0.3) is 10.8 Å². The number of hydrogen-bond donors (Lipinski definition) is 1. The number of rotatable bonds is 4. The molecule has 162 valence electrons. The molecule has 0 saturated heterocycles. The number of H-pyrrole nitrogens is 1. The Kier molecular flexibility index (Phi) is 4.82. The van der Waals surface area contributed by atoms with E-state index in [0.717, 1.165) is 28.3 Å². The van der Waals surface area contributed by atoms with Gasteiger partial charge < -0.3 is 18.9 Å². The van der Waals surface area contributed by atoms with Crippen molar-refractivity contribution in [2.45, 2.75) is 10.1 Å². The lowest BCUT2D eigenvalue weighted by Crippen LogP contribution is -2.10. The van der Waals surface area contributed by atoms with Crippen LogP contribution >= 0.6 is 23.4 Å². The number of fused-ring (bicyclic) bond motifs is 2. The van der Waals surface area contributed by atoms with E-state index in [1.807, 2.05) is 42.5 Å². The second-order valence-corrected chi connectivity index (χ2v) is 8.66. The summed E-state index contributed by atoms with van der Waals surface area (Å²) >= 11 is 7.40. The van der Waals surface area contributed by atoms with Crippen molar-refractivity contribution < 1.29 is 13.9 Å². The van der Waals surface area contributed by atoms with Gasteiger partial charge in [0.1, 0.15) is 0 Å². The van der Waals surface area contributed by atoms with Crippen LogP contribution in [0.3, 0.4) is 0 Å². The van der Waals surface area contributed by atoms with E-state index in [9.17, 15) is 4.79 Å². The SMILES string of the molecule is O=c1[nH]c2ccc(Cl)cc2c(-c2ccccc2)c1Sc1nnc(-c2ccc3c(c2)OCO3)o1. The van der Waals surface area contributed by atoms with Gasteiger partial charge in [0, 0.05) is 27.1 Å². The number of halogens is 1. The summed E-state index contributed by atoms with van der Waals surface area (Å²) < 4.78 is 16.6. The van der Waals surface area contributed by atoms with Gasteiger partial charge in [-0.25, -0.2) is 0 Å². The number of ether oxygens (including phenoxy) is 2. The zero-order valence-electron chi connectivity index (χ0n) is 16.9. The topological polar surface area (TPSA) is 90.2 Å². The van der Waals surface area contributed by atoms with Crippen LogP contribution in [-0.2, 0) is 0 Å². The van der Waals surface area contributed by atoms with Crippen LogP contribution in [0.4, 0.5) is 0 Å².